The fourth-order valence-electron chi connectivity index (χ4n) is 1.95. The van der Waals surface area contributed by atoms with Crippen LogP contribution in [-0.4, -0.2) is 16.1 Å². The second-order valence-corrected chi connectivity index (χ2v) is 4.50. The van der Waals surface area contributed by atoms with Crippen LogP contribution >= 0.6 is 11.6 Å². The summed E-state index contributed by atoms with van der Waals surface area (Å²) in [6.07, 6.45) is 4.55. The predicted octanol–water partition coefficient (Wildman–Crippen LogP) is 2.65. The van der Waals surface area contributed by atoms with Gasteiger partial charge in [0, 0.05) is 23.3 Å². The SMILES string of the molecule is CC(c1cccc(Cl)c1)n1cncc1CCN. The summed E-state index contributed by atoms with van der Waals surface area (Å²) < 4.78 is 2.14. The molecule has 0 saturated heterocycles. The highest BCUT2D eigenvalue weighted by atomic mass is 35.5. The minimum atomic E-state index is 0.220. The van der Waals surface area contributed by atoms with Crippen LogP contribution in [0, 0.1) is 0 Å². The van der Waals surface area contributed by atoms with Crippen molar-refractivity contribution in [2.45, 2.75) is 19.4 Å². The standard InChI is InChI=1S/C13H16ClN3/c1-10(11-3-2-4-12(14)7-11)17-9-16-8-13(17)5-6-15/h2-4,7-10H,5-6,15H2,1H3. The zero-order valence-corrected chi connectivity index (χ0v) is 10.6. The molecule has 2 aromatic rings. The van der Waals surface area contributed by atoms with Gasteiger partial charge in [0.2, 0.25) is 0 Å². The van der Waals surface area contributed by atoms with Crippen LogP contribution in [0.4, 0.5) is 0 Å². The molecule has 1 unspecified atom stereocenters. The van der Waals surface area contributed by atoms with Crippen LogP contribution in [0.3, 0.4) is 0 Å². The summed E-state index contributed by atoms with van der Waals surface area (Å²) in [6.45, 7) is 2.77. The molecule has 0 saturated carbocycles. The van der Waals surface area contributed by atoms with E-state index < -0.39 is 0 Å². The summed E-state index contributed by atoms with van der Waals surface area (Å²) >= 11 is 6.01. The third kappa shape index (κ3) is 2.68. The van der Waals surface area contributed by atoms with Crippen molar-refractivity contribution in [2.75, 3.05) is 6.54 Å². The third-order valence-electron chi connectivity index (χ3n) is 2.90. The number of hydrogen-bond acceptors (Lipinski definition) is 2. The third-order valence-corrected chi connectivity index (χ3v) is 3.13. The Morgan fingerprint density at radius 3 is 3.00 bits per heavy atom. The van der Waals surface area contributed by atoms with E-state index in [2.05, 4.69) is 22.5 Å². The molecule has 0 spiro atoms. The van der Waals surface area contributed by atoms with Gasteiger partial charge in [0.1, 0.15) is 0 Å². The molecule has 2 rings (SSSR count). The molecule has 1 heterocycles. The molecule has 3 nitrogen and oxygen atoms in total. The molecule has 0 fully saturated rings. The van der Waals surface area contributed by atoms with Crippen molar-refractivity contribution in [2.24, 2.45) is 5.73 Å². The molecule has 0 aliphatic heterocycles. The monoisotopic (exact) mass is 249 g/mol. The Bertz CT molecular complexity index is 493. The zero-order valence-electron chi connectivity index (χ0n) is 9.81. The number of nitrogens with zero attached hydrogens (tertiary/aromatic N) is 2. The molecule has 0 aliphatic carbocycles. The average Bonchev–Trinajstić information content (AvgIpc) is 2.77. The van der Waals surface area contributed by atoms with Crippen molar-refractivity contribution in [1.82, 2.24) is 9.55 Å². The Hall–Kier alpha value is -1.32. The number of imidazole rings is 1. The van der Waals surface area contributed by atoms with Crippen LogP contribution in [0.1, 0.15) is 24.2 Å². The van der Waals surface area contributed by atoms with Gasteiger partial charge in [-0.3, -0.25) is 0 Å². The van der Waals surface area contributed by atoms with E-state index in [0.717, 1.165) is 17.1 Å². The van der Waals surface area contributed by atoms with Crippen molar-refractivity contribution in [1.29, 1.82) is 0 Å². The smallest absolute Gasteiger partial charge is 0.0953 e. The molecule has 0 amide bonds. The molecule has 1 aromatic carbocycles. The summed E-state index contributed by atoms with van der Waals surface area (Å²) in [5.74, 6) is 0. The number of hydrogen-bond donors (Lipinski definition) is 1. The quantitative estimate of drug-likeness (QED) is 0.905. The molecule has 1 aromatic heterocycles. The van der Waals surface area contributed by atoms with Crippen molar-refractivity contribution in [3.8, 4) is 0 Å². The number of halogens is 1. The number of aromatic nitrogens is 2. The van der Waals surface area contributed by atoms with Crippen molar-refractivity contribution in [3.05, 3.63) is 53.1 Å². The molecule has 0 radical (unpaired) electrons. The van der Waals surface area contributed by atoms with E-state index >= 15 is 0 Å². The number of benzene rings is 1. The average molecular weight is 250 g/mol. The summed E-state index contributed by atoms with van der Waals surface area (Å²) in [6, 6.07) is 8.12. The Kier molecular flexibility index (Phi) is 3.82. The Balaban J connectivity index is 2.30. The highest BCUT2D eigenvalue weighted by Gasteiger charge is 2.11. The van der Waals surface area contributed by atoms with Gasteiger partial charge in [-0.1, -0.05) is 23.7 Å². The second-order valence-electron chi connectivity index (χ2n) is 4.06. The molecule has 0 aliphatic rings. The van der Waals surface area contributed by atoms with Gasteiger partial charge in [-0.15, -0.1) is 0 Å². The van der Waals surface area contributed by atoms with Crippen molar-refractivity contribution in [3.63, 3.8) is 0 Å². The van der Waals surface area contributed by atoms with Gasteiger partial charge >= 0.3 is 0 Å². The molecule has 17 heavy (non-hydrogen) atoms. The number of rotatable bonds is 4. The maximum absolute atomic E-state index is 6.01. The summed E-state index contributed by atoms with van der Waals surface area (Å²) in [7, 11) is 0. The van der Waals surface area contributed by atoms with E-state index in [4.69, 9.17) is 17.3 Å². The van der Waals surface area contributed by atoms with Gasteiger partial charge in [-0.05, 0) is 31.2 Å². The first-order chi connectivity index (χ1) is 8.22. The van der Waals surface area contributed by atoms with Crippen LogP contribution < -0.4 is 5.73 Å². The van der Waals surface area contributed by atoms with E-state index in [1.165, 1.54) is 5.56 Å². The predicted molar refractivity (Wildman–Crippen MR) is 70.3 cm³/mol. The van der Waals surface area contributed by atoms with E-state index in [9.17, 15) is 0 Å². The minimum absolute atomic E-state index is 0.220. The molecule has 1 atom stereocenters. The minimum Gasteiger partial charge on any atom is -0.330 e. The Morgan fingerprint density at radius 1 is 1.47 bits per heavy atom. The first kappa shape index (κ1) is 12.1. The van der Waals surface area contributed by atoms with E-state index in [1.54, 1.807) is 0 Å². The number of nitrogens with two attached hydrogens (primary N) is 1. The maximum atomic E-state index is 6.01. The summed E-state index contributed by atoms with van der Waals surface area (Å²) in [5.41, 5.74) is 7.92. The van der Waals surface area contributed by atoms with Gasteiger partial charge in [0.25, 0.3) is 0 Å². The fraction of sp³-hybridized carbons (Fsp3) is 0.308. The van der Waals surface area contributed by atoms with Crippen LogP contribution in [0.15, 0.2) is 36.8 Å². The molecular weight excluding hydrogens is 234 g/mol. The van der Waals surface area contributed by atoms with Crippen LogP contribution in [0.2, 0.25) is 5.02 Å². The van der Waals surface area contributed by atoms with E-state index in [-0.39, 0.29) is 6.04 Å². The van der Waals surface area contributed by atoms with Gasteiger partial charge in [-0.2, -0.15) is 0 Å². The normalized spacial score (nSPS) is 12.6. The molecule has 90 valence electrons. The largest absolute Gasteiger partial charge is 0.330 e. The highest BCUT2D eigenvalue weighted by Crippen LogP contribution is 2.22. The lowest BCUT2D eigenvalue weighted by molar-refractivity contribution is 0.607. The maximum Gasteiger partial charge on any atom is 0.0953 e. The van der Waals surface area contributed by atoms with Gasteiger partial charge in [0.15, 0.2) is 0 Å². The lowest BCUT2D eigenvalue weighted by Crippen LogP contribution is -2.12. The molecular formula is C13H16ClN3. The van der Waals surface area contributed by atoms with Crippen LogP contribution in [0.5, 0.6) is 0 Å². The molecule has 4 heteroatoms. The first-order valence-electron chi connectivity index (χ1n) is 5.68. The summed E-state index contributed by atoms with van der Waals surface area (Å²) in [5, 5.41) is 0.759. The fourth-order valence-corrected chi connectivity index (χ4v) is 2.15. The van der Waals surface area contributed by atoms with Crippen molar-refractivity contribution < 1.29 is 0 Å². The zero-order chi connectivity index (χ0) is 12.3. The molecule has 2 N–H and O–H groups in total. The first-order valence-corrected chi connectivity index (χ1v) is 6.06. The lowest BCUT2D eigenvalue weighted by atomic mass is 10.1. The van der Waals surface area contributed by atoms with Crippen molar-refractivity contribution >= 4 is 11.6 Å². The van der Waals surface area contributed by atoms with Crippen LogP contribution in [0.25, 0.3) is 0 Å². The summed E-state index contributed by atoms with van der Waals surface area (Å²) in [4.78, 5) is 4.18. The lowest BCUT2D eigenvalue weighted by Gasteiger charge is -2.17. The van der Waals surface area contributed by atoms with E-state index in [1.807, 2.05) is 30.7 Å². The van der Waals surface area contributed by atoms with Gasteiger partial charge < -0.3 is 10.3 Å². The molecule has 0 bridgehead atoms. The highest BCUT2D eigenvalue weighted by molar-refractivity contribution is 6.30. The van der Waals surface area contributed by atoms with Gasteiger partial charge in [0.05, 0.1) is 12.4 Å². The topological polar surface area (TPSA) is 43.8 Å². The van der Waals surface area contributed by atoms with E-state index in [0.29, 0.717) is 6.54 Å². The second kappa shape index (κ2) is 5.34. The Morgan fingerprint density at radius 2 is 2.29 bits per heavy atom. The Labute approximate surface area is 106 Å². The van der Waals surface area contributed by atoms with Gasteiger partial charge in [-0.25, -0.2) is 4.98 Å². The van der Waals surface area contributed by atoms with Crippen LogP contribution in [-0.2, 0) is 6.42 Å².